The molecule has 0 spiro atoms. The second kappa shape index (κ2) is 6.61. The van der Waals surface area contributed by atoms with Gasteiger partial charge >= 0.3 is 6.36 Å². The highest BCUT2D eigenvalue weighted by Crippen LogP contribution is 2.44. The van der Waals surface area contributed by atoms with Gasteiger partial charge in [-0.1, -0.05) is 11.6 Å². The van der Waals surface area contributed by atoms with E-state index < -0.39 is 12.1 Å². The van der Waals surface area contributed by atoms with E-state index in [9.17, 15) is 13.2 Å². The number of fused-ring (bicyclic) bond motifs is 7. The molecule has 2 aliphatic heterocycles. The summed E-state index contributed by atoms with van der Waals surface area (Å²) in [6.07, 6.45) is -4.17. The van der Waals surface area contributed by atoms with Crippen molar-refractivity contribution in [3.63, 3.8) is 0 Å². The van der Waals surface area contributed by atoms with Gasteiger partial charge in [-0.2, -0.15) is 9.97 Å². The molecule has 0 radical (unpaired) electrons. The predicted molar refractivity (Wildman–Crippen MR) is 90.2 cm³/mol. The molecule has 1 saturated heterocycles. The summed E-state index contributed by atoms with van der Waals surface area (Å²) in [7, 11) is 0. The normalized spacial score (nSPS) is 19.1. The molecular weight excluding hydrogens is 389 g/mol. The zero-order chi connectivity index (χ0) is 19.2. The monoisotopic (exact) mass is 402 g/mol. The molecule has 4 rings (SSSR count). The molecule has 1 aromatic heterocycles. The van der Waals surface area contributed by atoms with E-state index in [2.05, 4.69) is 14.7 Å². The third-order valence-electron chi connectivity index (χ3n) is 4.20. The zero-order valence-corrected chi connectivity index (χ0v) is 14.5. The van der Waals surface area contributed by atoms with E-state index in [0.29, 0.717) is 24.5 Å². The van der Waals surface area contributed by atoms with Crippen molar-refractivity contribution >= 4 is 23.4 Å². The van der Waals surface area contributed by atoms with Crippen LogP contribution in [0.25, 0.3) is 0 Å². The van der Waals surface area contributed by atoms with Crippen LogP contribution < -0.4 is 20.1 Å². The summed E-state index contributed by atoms with van der Waals surface area (Å²) in [5.74, 6) is -0.334. The number of anilines is 2. The Morgan fingerprint density at radius 2 is 2.07 bits per heavy atom. The van der Waals surface area contributed by atoms with E-state index in [-0.39, 0.29) is 35.2 Å². The van der Waals surface area contributed by atoms with Gasteiger partial charge in [0.25, 0.3) is 0 Å². The molecule has 3 heterocycles. The molecule has 0 amide bonds. The number of nitrogens with two attached hydrogens (primary N) is 1. The highest BCUT2D eigenvalue weighted by atomic mass is 35.5. The van der Waals surface area contributed by atoms with Gasteiger partial charge in [0, 0.05) is 30.3 Å². The number of hydrogen-bond donors (Lipinski definition) is 1. The molecule has 1 atom stereocenters. The highest BCUT2D eigenvalue weighted by Gasteiger charge is 2.35. The number of alkyl halides is 3. The number of aromatic nitrogens is 2. The third-order valence-corrected chi connectivity index (χ3v) is 4.53. The SMILES string of the molecule is Nc1nc2cc(n1)N1CCCOC[C@H]1c1cc(c(OC(F)(F)F)cc1Cl)O2. The molecule has 1 fully saturated rings. The lowest BCUT2D eigenvalue weighted by atomic mass is 10.0. The molecule has 0 aliphatic carbocycles. The Bertz CT molecular complexity index is 881. The van der Waals surface area contributed by atoms with Gasteiger partial charge < -0.3 is 24.8 Å². The number of nitrogen functional groups attached to an aromatic ring is 1. The molecule has 144 valence electrons. The third kappa shape index (κ3) is 3.67. The van der Waals surface area contributed by atoms with E-state index >= 15 is 0 Å². The van der Waals surface area contributed by atoms with E-state index in [1.54, 1.807) is 0 Å². The van der Waals surface area contributed by atoms with Crippen molar-refractivity contribution in [2.24, 2.45) is 0 Å². The van der Waals surface area contributed by atoms with Crippen molar-refractivity contribution in [1.82, 2.24) is 9.97 Å². The number of benzene rings is 1. The molecule has 0 saturated carbocycles. The first-order chi connectivity index (χ1) is 12.8. The molecule has 11 heteroatoms. The Hall–Kier alpha value is -2.46. The first-order valence-corrected chi connectivity index (χ1v) is 8.44. The fourth-order valence-electron chi connectivity index (χ4n) is 3.14. The minimum absolute atomic E-state index is 0.00334. The molecule has 0 unspecified atom stereocenters. The quantitative estimate of drug-likeness (QED) is 0.779. The van der Waals surface area contributed by atoms with Gasteiger partial charge in [0.1, 0.15) is 5.82 Å². The second-order valence-corrected chi connectivity index (χ2v) is 6.44. The fraction of sp³-hybridized carbons (Fsp3) is 0.375. The van der Waals surface area contributed by atoms with Gasteiger partial charge in [-0.25, -0.2) is 0 Å². The number of nitrogens with zero attached hydrogens (tertiary/aromatic N) is 3. The van der Waals surface area contributed by atoms with Crippen molar-refractivity contribution in [3.05, 3.63) is 28.8 Å². The average Bonchev–Trinajstić information content (AvgIpc) is 2.79. The van der Waals surface area contributed by atoms with Crippen LogP contribution in [0.3, 0.4) is 0 Å². The van der Waals surface area contributed by atoms with Gasteiger partial charge in [0.15, 0.2) is 11.5 Å². The smallest absolute Gasteiger partial charge is 0.435 e. The summed E-state index contributed by atoms with van der Waals surface area (Å²) in [6.45, 7) is 1.40. The largest absolute Gasteiger partial charge is 0.573 e. The Morgan fingerprint density at radius 3 is 2.85 bits per heavy atom. The van der Waals surface area contributed by atoms with E-state index in [1.165, 1.54) is 12.1 Å². The fourth-order valence-corrected chi connectivity index (χ4v) is 3.42. The molecule has 7 nitrogen and oxygen atoms in total. The highest BCUT2D eigenvalue weighted by molar-refractivity contribution is 6.31. The Kier molecular flexibility index (Phi) is 4.39. The number of hydrogen-bond acceptors (Lipinski definition) is 7. The summed E-state index contributed by atoms with van der Waals surface area (Å²) in [6, 6.07) is 3.61. The van der Waals surface area contributed by atoms with Crippen molar-refractivity contribution in [2.45, 2.75) is 18.8 Å². The molecule has 1 aromatic carbocycles. The van der Waals surface area contributed by atoms with Gasteiger partial charge in [-0.3, -0.25) is 0 Å². The summed E-state index contributed by atoms with van der Waals surface area (Å²) < 4.78 is 53.6. The molecule has 2 aromatic rings. The van der Waals surface area contributed by atoms with Crippen LogP contribution in [0.4, 0.5) is 24.9 Å². The van der Waals surface area contributed by atoms with Gasteiger partial charge in [-0.05, 0) is 18.1 Å². The predicted octanol–water partition coefficient (Wildman–Crippen LogP) is 3.68. The van der Waals surface area contributed by atoms with Crippen molar-refractivity contribution in [3.8, 4) is 17.4 Å². The summed E-state index contributed by atoms with van der Waals surface area (Å²) in [5, 5.41) is 0.0954. The standard InChI is InChI=1S/C16H14ClF3N4O3/c17-9-5-12(27-16(18,19)20)11-4-8(9)10-7-25-3-1-2-24(10)13-6-14(26-11)23-15(21)22-13/h4-6,10H,1-3,7H2,(H2,21,22,23)/t10-/m0/s1. The lowest BCUT2D eigenvalue weighted by Gasteiger charge is -2.31. The summed E-state index contributed by atoms with van der Waals surface area (Å²) in [5.41, 5.74) is 6.29. The van der Waals surface area contributed by atoms with E-state index in [0.717, 1.165) is 12.5 Å². The van der Waals surface area contributed by atoms with Crippen LogP contribution in [-0.4, -0.2) is 36.1 Å². The number of rotatable bonds is 1. The molecule has 2 aliphatic rings. The lowest BCUT2D eigenvalue weighted by Crippen LogP contribution is -2.31. The first-order valence-electron chi connectivity index (χ1n) is 8.06. The average molecular weight is 403 g/mol. The molecule has 2 N–H and O–H groups in total. The van der Waals surface area contributed by atoms with Crippen LogP contribution >= 0.6 is 11.6 Å². The van der Waals surface area contributed by atoms with Crippen LogP contribution in [-0.2, 0) is 4.74 Å². The Morgan fingerprint density at radius 1 is 1.26 bits per heavy atom. The minimum atomic E-state index is -4.91. The van der Waals surface area contributed by atoms with E-state index in [1.807, 2.05) is 4.90 Å². The van der Waals surface area contributed by atoms with Gasteiger partial charge in [-0.15, -0.1) is 13.2 Å². The maximum Gasteiger partial charge on any atom is 0.573 e. The van der Waals surface area contributed by atoms with Crippen molar-refractivity contribution in [1.29, 1.82) is 0 Å². The van der Waals surface area contributed by atoms with Crippen LogP contribution in [0.5, 0.6) is 17.4 Å². The zero-order valence-electron chi connectivity index (χ0n) is 13.8. The van der Waals surface area contributed by atoms with Gasteiger partial charge in [0.05, 0.1) is 12.6 Å². The number of ether oxygens (including phenoxy) is 3. The Labute approximate surface area is 156 Å². The van der Waals surface area contributed by atoms with Gasteiger partial charge in [0.2, 0.25) is 11.8 Å². The van der Waals surface area contributed by atoms with E-state index in [4.69, 9.17) is 26.8 Å². The van der Waals surface area contributed by atoms with Crippen LogP contribution in [0, 0.1) is 0 Å². The van der Waals surface area contributed by atoms with Crippen LogP contribution in [0.15, 0.2) is 18.2 Å². The molecular formula is C16H14ClF3N4O3. The summed E-state index contributed by atoms with van der Waals surface area (Å²) >= 11 is 6.29. The van der Waals surface area contributed by atoms with Crippen molar-refractivity contribution in [2.75, 3.05) is 30.4 Å². The summed E-state index contributed by atoms with van der Waals surface area (Å²) in [4.78, 5) is 10.1. The maximum absolute atomic E-state index is 12.8. The van der Waals surface area contributed by atoms with Crippen LogP contribution in [0.1, 0.15) is 18.0 Å². The van der Waals surface area contributed by atoms with Crippen LogP contribution in [0.2, 0.25) is 5.02 Å². The second-order valence-electron chi connectivity index (χ2n) is 6.03. The first kappa shape index (κ1) is 17.9. The van der Waals surface area contributed by atoms with Crippen molar-refractivity contribution < 1.29 is 27.4 Å². The molecule has 27 heavy (non-hydrogen) atoms. The molecule has 4 bridgehead atoms. The maximum atomic E-state index is 12.8. The number of halogens is 4. The minimum Gasteiger partial charge on any atom is -0.435 e. The Balaban J connectivity index is 1.91. The lowest BCUT2D eigenvalue weighted by molar-refractivity contribution is -0.275. The topological polar surface area (TPSA) is 82.7 Å².